The summed E-state index contributed by atoms with van der Waals surface area (Å²) in [5.41, 5.74) is 14.4. The first kappa shape index (κ1) is 28.1. The number of anilines is 3. The van der Waals surface area contributed by atoms with Crippen molar-refractivity contribution in [2.24, 2.45) is 4.99 Å². The van der Waals surface area contributed by atoms with Crippen LogP contribution in [0.2, 0.25) is 0 Å². The van der Waals surface area contributed by atoms with Gasteiger partial charge in [0.1, 0.15) is 22.9 Å². The van der Waals surface area contributed by atoms with Gasteiger partial charge in [0.2, 0.25) is 18.3 Å². The number of aliphatic imine (C=N–C) groups is 1. The zero-order valence-electron chi connectivity index (χ0n) is 21.1. The van der Waals surface area contributed by atoms with Crippen LogP contribution in [-0.2, 0) is 22.7 Å². The molecule has 12 heteroatoms. The summed E-state index contributed by atoms with van der Waals surface area (Å²) in [5, 5.41) is 8.56. The Morgan fingerprint density at radius 1 is 1.11 bits per heavy atom. The molecular formula is C24H36N8O4. The smallest absolute Gasteiger partial charge is 0.222 e. The number of benzene rings is 1. The predicted octanol–water partition coefficient (Wildman–Crippen LogP) is 1.63. The summed E-state index contributed by atoms with van der Waals surface area (Å²) in [4.78, 5) is 35.2. The maximum Gasteiger partial charge on any atom is 0.222 e. The van der Waals surface area contributed by atoms with Crippen LogP contribution in [0.3, 0.4) is 0 Å². The molecule has 2 aromatic rings. The second kappa shape index (κ2) is 15.0. The molecule has 36 heavy (non-hydrogen) atoms. The molecule has 0 aliphatic carbocycles. The Kier molecular flexibility index (Phi) is 11.7. The molecular weight excluding hydrogens is 464 g/mol. The molecule has 2 amide bonds. The Labute approximate surface area is 211 Å². The number of rotatable bonds is 16. The topological polar surface area (TPSA) is 179 Å². The molecule has 1 aromatic heterocycles. The molecule has 0 aliphatic rings. The SMILES string of the molecule is CCCCNc1nc(N)nc(C=NCc2c(OC)cc(CNC(=O)CCCNC=O)cc2OC)c1N. The zero-order chi connectivity index (χ0) is 26.3. The number of aromatic nitrogens is 2. The summed E-state index contributed by atoms with van der Waals surface area (Å²) in [6, 6.07) is 3.66. The highest BCUT2D eigenvalue weighted by Gasteiger charge is 2.14. The van der Waals surface area contributed by atoms with E-state index in [4.69, 9.17) is 20.9 Å². The van der Waals surface area contributed by atoms with Crippen molar-refractivity contribution >= 4 is 36.0 Å². The Bertz CT molecular complexity index is 1020. The second-order valence-corrected chi connectivity index (χ2v) is 7.91. The van der Waals surface area contributed by atoms with Crippen LogP contribution in [0.4, 0.5) is 17.5 Å². The lowest BCUT2D eigenvalue weighted by atomic mass is 10.1. The van der Waals surface area contributed by atoms with Gasteiger partial charge in [-0.3, -0.25) is 14.6 Å². The quantitative estimate of drug-likeness (QED) is 0.130. The minimum absolute atomic E-state index is 0.103. The average Bonchev–Trinajstić information content (AvgIpc) is 2.88. The Morgan fingerprint density at radius 2 is 1.83 bits per heavy atom. The van der Waals surface area contributed by atoms with Crippen LogP contribution in [0.25, 0.3) is 0 Å². The molecule has 0 radical (unpaired) electrons. The van der Waals surface area contributed by atoms with Crippen molar-refractivity contribution in [2.45, 2.75) is 45.7 Å². The minimum atomic E-state index is -0.112. The third-order valence-electron chi connectivity index (χ3n) is 5.24. The van der Waals surface area contributed by atoms with Crippen LogP contribution in [-0.4, -0.2) is 55.8 Å². The van der Waals surface area contributed by atoms with Crippen molar-refractivity contribution in [3.8, 4) is 11.5 Å². The van der Waals surface area contributed by atoms with Gasteiger partial charge in [0.05, 0.1) is 26.3 Å². The summed E-state index contributed by atoms with van der Waals surface area (Å²) < 4.78 is 11.1. The number of amides is 2. The lowest BCUT2D eigenvalue weighted by Crippen LogP contribution is -2.24. The molecule has 1 heterocycles. The van der Waals surface area contributed by atoms with E-state index in [1.54, 1.807) is 20.4 Å². The molecule has 0 spiro atoms. The first-order valence-corrected chi connectivity index (χ1v) is 11.8. The number of nitrogen functional groups attached to an aromatic ring is 2. The number of methoxy groups -OCH3 is 2. The van der Waals surface area contributed by atoms with E-state index in [0.29, 0.717) is 61.0 Å². The summed E-state index contributed by atoms with van der Waals surface area (Å²) in [6.07, 6.45) is 5.05. The lowest BCUT2D eigenvalue weighted by molar-refractivity contribution is -0.121. The lowest BCUT2D eigenvalue weighted by Gasteiger charge is -2.15. The van der Waals surface area contributed by atoms with Gasteiger partial charge < -0.3 is 36.9 Å². The van der Waals surface area contributed by atoms with Crippen molar-refractivity contribution in [3.05, 3.63) is 29.0 Å². The van der Waals surface area contributed by atoms with Crippen LogP contribution in [0.1, 0.15) is 49.4 Å². The van der Waals surface area contributed by atoms with Crippen LogP contribution in [0.15, 0.2) is 17.1 Å². The van der Waals surface area contributed by atoms with Crippen molar-refractivity contribution in [1.29, 1.82) is 0 Å². The third-order valence-corrected chi connectivity index (χ3v) is 5.24. The van der Waals surface area contributed by atoms with Gasteiger partial charge >= 0.3 is 0 Å². The van der Waals surface area contributed by atoms with Gasteiger partial charge in [0.15, 0.2) is 5.82 Å². The summed E-state index contributed by atoms with van der Waals surface area (Å²) >= 11 is 0. The maximum atomic E-state index is 12.0. The van der Waals surface area contributed by atoms with Gasteiger partial charge in [0, 0.05) is 32.3 Å². The van der Waals surface area contributed by atoms with E-state index in [-0.39, 0.29) is 18.4 Å². The second-order valence-electron chi connectivity index (χ2n) is 7.91. The summed E-state index contributed by atoms with van der Waals surface area (Å²) in [7, 11) is 3.11. The number of nitrogens with two attached hydrogens (primary N) is 2. The van der Waals surface area contributed by atoms with Crippen molar-refractivity contribution in [1.82, 2.24) is 20.6 Å². The number of carbonyl (C=O) groups excluding carboxylic acids is 2. The molecule has 0 fully saturated rings. The van der Waals surface area contributed by atoms with Crippen LogP contribution in [0.5, 0.6) is 11.5 Å². The number of nitrogens with one attached hydrogen (secondary N) is 3. The molecule has 0 saturated carbocycles. The predicted molar refractivity (Wildman–Crippen MR) is 140 cm³/mol. The largest absolute Gasteiger partial charge is 0.496 e. The highest BCUT2D eigenvalue weighted by Crippen LogP contribution is 2.31. The molecule has 0 saturated heterocycles. The minimum Gasteiger partial charge on any atom is -0.496 e. The zero-order valence-corrected chi connectivity index (χ0v) is 21.1. The molecule has 1 aromatic carbocycles. The number of unbranched alkanes of at least 4 members (excludes halogenated alkanes) is 1. The van der Waals surface area contributed by atoms with E-state index in [2.05, 4.69) is 37.8 Å². The van der Waals surface area contributed by atoms with Crippen LogP contribution in [0, 0.1) is 0 Å². The van der Waals surface area contributed by atoms with Crippen molar-refractivity contribution in [3.63, 3.8) is 0 Å². The number of hydrogen-bond acceptors (Lipinski definition) is 10. The Hall–Kier alpha value is -4.09. The molecule has 0 atom stereocenters. The fourth-order valence-corrected chi connectivity index (χ4v) is 3.34. The van der Waals surface area contributed by atoms with E-state index in [1.165, 1.54) is 0 Å². The van der Waals surface area contributed by atoms with Gasteiger partial charge in [-0.1, -0.05) is 13.3 Å². The first-order valence-electron chi connectivity index (χ1n) is 11.8. The first-order chi connectivity index (χ1) is 17.4. The van der Waals surface area contributed by atoms with E-state index >= 15 is 0 Å². The van der Waals surface area contributed by atoms with Crippen LogP contribution >= 0.6 is 0 Å². The number of ether oxygens (including phenoxy) is 2. The molecule has 0 aliphatic heterocycles. The normalized spacial score (nSPS) is 10.8. The number of carbonyl (C=O) groups is 2. The highest BCUT2D eigenvalue weighted by atomic mass is 16.5. The third kappa shape index (κ3) is 8.60. The number of hydrogen-bond donors (Lipinski definition) is 5. The van der Waals surface area contributed by atoms with E-state index < -0.39 is 0 Å². The molecule has 12 nitrogen and oxygen atoms in total. The van der Waals surface area contributed by atoms with Gasteiger partial charge in [-0.25, -0.2) is 4.98 Å². The maximum absolute atomic E-state index is 12.0. The van der Waals surface area contributed by atoms with E-state index in [1.807, 2.05) is 12.1 Å². The van der Waals surface area contributed by atoms with Gasteiger partial charge in [-0.2, -0.15) is 4.98 Å². The van der Waals surface area contributed by atoms with Crippen molar-refractivity contribution < 1.29 is 19.1 Å². The molecule has 0 bridgehead atoms. The van der Waals surface area contributed by atoms with Gasteiger partial charge in [0.25, 0.3) is 0 Å². The van der Waals surface area contributed by atoms with E-state index in [0.717, 1.165) is 30.5 Å². The average molecular weight is 501 g/mol. The summed E-state index contributed by atoms with van der Waals surface area (Å²) in [5.74, 6) is 1.62. The molecule has 196 valence electrons. The molecule has 7 N–H and O–H groups in total. The standard InChI is InChI=1S/C24H36N8O4/c1-4-5-9-29-23-22(25)18(31-24(26)32-23)14-28-13-17-19(35-2)10-16(11-20(17)36-3)12-30-21(34)7-6-8-27-15-33/h10-11,14-15H,4-9,12-13,25H2,1-3H3,(H,27,33)(H,30,34)(H3,26,29,31,32). The van der Waals surface area contributed by atoms with Gasteiger partial charge in [-0.15, -0.1) is 0 Å². The fraction of sp³-hybridized carbons (Fsp3) is 0.458. The van der Waals surface area contributed by atoms with Gasteiger partial charge in [-0.05, 0) is 30.5 Å². The highest BCUT2D eigenvalue weighted by molar-refractivity contribution is 5.89. The van der Waals surface area contributed by atoms with Crippen LogP contribution < -0.4 is 36.9 Å². The Balaban J connectivity index is 2.11. The number of nitrogens with zero attached hydrogens (tertiary/aromatic N) is 3. The van der Waals surface area contributed by atoms with Crippen molar-refractivity contribution in [2.75, 3.05) is 44.1 Å². The molecule has 2 rings (SSSR count). The summed E-state index contributed by atoms with van der Waals surface area (Å²) in [6.45, 7) is 3.83. The monoisotopic (exact) mass is 500 g/mol. The van der Waals surface area contributed by atoms with E-state index in [9.17, 15) is 9.59 Å². The molecule has 0 unspecified atom stereocenters. The fourth-order valence-electron chi connectivity index (χ4n) is 3.34. The Morgan fingerprint density at radius 3 is 2.47 bits per heavy atom.